The van der Waals surface area contributed by atoms with E-state index in [0.717, 1.165) is 5.69 Å². The van der Waals surface area contributed by atoms with E-state index in [1.165, 1.54) is 0 Å². The molecule has 8 heteroatoms. The minimum absolute atomic E-state index is 0. The molecule has 0 aliphatic rings. The molecule has 18 heavy (non-hydrogen) atoms. The summed E-state index contributed by atoms with van der Waals surface area (Å²) in [5.74, 6) is -0.328. The maximum absolute atomic E-state index is 10.4. The van der Waals surface area contributed by atoms with Crippen LogP contribution in [0.3, 0.4) is 0 Å². The molecule has 1 radical (unpaired) electrons. The Morgan fingerprint density at radius 3 is 2.56 bits per heavy atom. The van der Waals surface area contributed by atoms with Gasteiger partial charge in [0.25, 0.3) is 0 Å². The fraction of sp³-hybridized carbons (Fsp3) is 0.300. The van der Waals surface area contributed by atoms with Crippen LogP contribution in [0.4, 0.5) is 0 Å². The van der Waals surface area contributed by atoms with E-state index >= 15 is 0 Å². The fourth-order valence-corrected chi connectivity index (χ4v) is 1.77. The number of pyridine rings is 1. The van der Waals surface area contributed by atoms with Gasteiger partial charge < -0.3 is 4.55 Å². The standard InChI is InChI=1S/C10H13NO3S.HPS.V/c1-2-10-6-3-4-7-11(10)8-5-9-15(12,13)14;1-2;/h2-4,6-7H,1,5,8-9H2;1H;. The van der Waals surface area contributed by atoms with Crippen molar-refractivity contribution in [3.63, 3.8) is 0 Å². The quantitative estimate of drug-likeness (QED) is 0.457. The number of rotatable bonds is 5. The molecule has 0 unspecified atom stereocenters. The number of aryl methyl sites for hydroxylation is 1. The smallest absolute Gasteiger partial charge is 0.204 e. The van der Waals surface area contributed by atoms with Gasteiger partial charge in [0, 0.05) is 48.9 Å². The zero-order valence-electron chi connectivity index (χ0n) is 9.65. The van der Waals surface area contributed by atoms with Gasteiger partial charge in [0.1, 0.15) is 6.54 Å². The summed E-state index contributed by atoms with van der Waals surface area (Å²) >= 11 is 3.89. The van der Waals surface area contributed by atoms with Crippen LogP contribution in [0.1, 0.15) is 12.1 Å². The maximum atomic E-state index is 10.4. The Labute approximate surface area is 127 Å². The Bertz CT molecular complexity index is 468. The van der Waals surface area contributed by atoms with Crippen molar-refractivity contribution in [3.8, 4) is 0 Å². The second-order valence-corrected chi connectivity index (χ2v) is 4.66. The first-order chi connectivity index (χ1) is 8.03. The monoisotopic (exact) mass is 342 g/mol. The van der Waals surface area contributed by atoms with Crippen molar-refractivity contribution < 1.29 is 36.1 Å². The van der Waals surface area contributed by atoms with E-state index in [1.54, 1.807) is 6.08 Å². The summed E-state index contributed by atoms with van der Waals surface area (Å²) in [6.07, 6.45) is 3.83. The van der Waals surface area contributed by atoms with E-state index in [-0.39, 0.29) is 24.3 Å². The fourth-order valence-electron chi connectivity index (χ4n) is 1.29. The van der Waals surface area contributed by atoms with E-state index in [0.29, 0.717) is 13.0 Å². The minimum atomic E-state index is -4.10. The van der Waals surface area contributed by atoms with E-state index in [2.05, 4.69) is 26.4 Å². The van der Waals surface area contributed by atoms with Crippen molar-refractivity contribution in [1.82, 2.24) is 0 Å². The van der Waals surface area contributed by atoms with Crippen molar-refractivity contribution in [2.75, 3.05) is 5.75 Å². The molecular formula is C10H14NO3PS2V. The van der Waals surface area contributed by atoms with Crippen molar-refractivity contribution in [2.45, 2.75) is 13.0 Å². The van der Waals surface area contributed by atoms with E-state index in [1.807, 2.05) is 29.0 Å². The Morgan fingerprint density at radius 2 is 2.06 bits per heavy atom. The molecule has 0 saturated carbocycles. The molecule has 0 aliphatic carbocycles. The van der Waals surface area contributed by atoms with Gasteiger partial charge in [-0.2, -0.15) is 4.57 Å². The first-order valence-electron chi connectivity index (χ1n) is 4.78. The van der Waals surface area contributed by atoms with Gasteiger partial charge in [-0.05, 0) is 14.1 Å². The van der Waals surface area contributed by atoms with E-state index in [4.69, 9.17) is 0 Å². The van der Waals surface area contributed by atoms with Gasteiger partial charge in [-0.1, -0.05) is 18.4 Å². The summed E-state index contributed by atoms with van der Waals surface area (Å²) in [4.78, 5) is 0. The Hall–Kier alpha value is -0.0956. The van der Waals surface area contributed by atoms with Crippen LogP contribution in [0, 0.1) is 0 Å². The van der Waals surface area contributed by atoms with Crippen LogP contribution in [0.5, 0.6) is 0 Å². The normalized spacial score (nSPS) is 9.61. The molecule has 1 aromatic heterocycles. The molecule has 0 atom stereocenters. The van der Waals surface area contributed by atoms with Crippen LogP contribution in [0.2, 0.25) is 0 Å². The third-order valence-corrected chi connectivity index (χ3v) is 2.77. The van der Waals surface area contributed by atoms with Crippen LogP contribution in [-0.2, 0) is 47.0 Å². The van der Waals surface area contributed by atoms with Crippen LogP contribution in [0.15, 0.2) is 31.0 Å². The number of hydrogen-bond acceptors (Lipinski definition) is 4. The summed E-state index contributed by atoms with van der Waals surface area (Å²) < 4.78 is 33.0. The van der Waals surface area contributed by atoms with Gasteiger partial charge in [0.05, 0.1) is 10.1 Å². The molecule has 0 amide bonds. The number of aromatic nitrogens is 1. The Morgan fingerprint density at radius 1 is 1.44 bits per heavy atom. The van der Waals surface area contributed by atoms with E-state index in [9.17, 15) is 13.0 Å². The first-order valence-corrected chi connectivity index (χ1v) is 7.99. The summed E-state index contributed by atoms with van der Waals surface area (Å²) in [6, 6.07) is 5.59. The average Bonchev–Trinajstić information content (AvgIpc) is 2.31. The first kappa shape index (κ1) is 20.2. The zero-order chi connectivity index (χ0) is 13.3. The van der Waals surface area contributed by atoms with Crippen LogP contribution in [0.25, 0.3) is 6.08 Å². The molecule has 99 valence electrons. The van der Waals surface area contributed by atoms with Gasteiger partial charge in [-0.25, -0.2) is 8.42 Å². The molecule has 1 aromatic rings. The minimum Gasteiger partial charge on any atom is -0.748 e. The Balaban J connectivity index is 0. The SMILES string of the molecule is C=Cc1cccc[n+]1CCCS(=O)(=O)[O-].P=S.[V]. The van der Waals surface area contributed by atoms with Crippen molar-refractivity contribution in [1.29, 1.82) is 0 Å². The largest absolute Gasteiger partial charge is 0.748 e. The molecule has 0 aliphatic heterocycles. The third kappa shape index (κ3) is 8.92. The maximum Gasteiger partial charge on any atom is 0.204 e. The number of hydrogen-bond donors (Lipinski definition) is 0. The molecule has 4 nitrogen and oxygen atoms in total. The van der Waals surface area contributed by atoms with Gasteiger partial charge in [0.2, 0.25) is 5.69 Å². The summed E-state index contributed by atoms with van der Waals surface area (Å²) in [7, 11) is -1.55. The Kier molecular flexibility index (Phi) is 12.1. The van der Waals surface area contributed by atoms with Crippen LogP contribution < -0.4 is 4.57 Å². The molecule has 0 fully saturated rings. The van der Waals surface area contributed by atoms with Crippen molar-refractivity contribution in [3.05, 3.63) is 36.7 Å². The molecular weight excluding hydrogens is 328 g/mol. The average molecular weight is 342 g/mol. The molecule has 0 N–H and O–H groups in total. The molecule has 0 saturated heterocycles. The molecule has 0 bridgehead atoms. The van der Waals surface area contributed by atoms with Gasteiger partial charge in [-0.15, -0.1) is 0 Å². The van der Waals surface area contributed by atoms with Crippen LogP contribution >= 0.6 is 8.02 Å². The predicted molar refractivity (Wildman–Crippen MR) is 71.6 cm³/mol. The number of nitrogens with zero attached hydrogens (tertiary/aromatic N) is 1. The molecule has 1 heterocycles. The molecule has 0 aromatic carbocycles. The van der Waals surface area contributed by atoms with Crippen LogP contribution in [-0.4, -0.2) is 18.7 Å². The summed E-state index contributed by atoms with van der Waals surface area (Å²) in [5, 5.41) is 0. The predicted octanol–water partition coefficient (Wildman–Crippen LogP) is 1.14. The van der Waals surface area contributed by atoms with Gasteiger partial charge in [0.15, 0.2) is 6.20 Å². The topological polar surface area (TPSA) is 61.1 Å². The molecule has 0 spiro atoms. The summed E-state index contributed by atoms with van der Waals surface area (Å²) in [6.45, 7) is 4.15. The second kappa shape index (κ2) is 10.8. The van der Waals surface area contributed by atoms with Crippen molar-refractivity contribution in [2.24, 2.45) is 0 Å². The van der Waals surface area contributed by atoms with Gasteiger partial charge >= 0.3 is 0 Å². The van der Waals surface area contributed by atoms with Gasteiger partial charge in [-0.3, -0.25) is 0 Å². The van der Waals surface area contributed by atoms with E-state index < -0.39 is 10.1 Å². The second-order valence-electron chi connectivity index (χ2n) is 3.14. The molecule has 1 rings (SSSR count). The van der Waals surface area contributed by atoms with Crippen molar-refractivity contribution >= 4 is 36.0 Å². The zero-order valence-corrected chi connectivity index (χ0v) is 13.7. The third-order valence-electron chi connectivity index (χ3n) is 1.98. The summed E-state index contributed by atoms with van der Waals surface area (Å²) in [5.41, 5.74) is 0.904.